The van der Waals surface area contributed by atoms with Crippen molar-refractivity contribution in [2.24, 2.45) is 0 Å². The van der Waals surface area contributed by atoms with Gasteiger partial charge in [0.25, 0.3) is 5.91 Å². The lowest BCUT2D eigenvalue weighted by molar-refractivity contribution is -0.132. The van der Waals surface area contributed by atoms with Crippen LogP contribution < -0.4 is 5.32 Å². The van der Waals surface area contributed by atoms with Gasteiger partial charge in [-0.2, -0.15) is 0 Å². The Balaban J connectivity index is 1.92. The molecular formula is C24H28N2O5. The van der Waals surface area contributed by atoms with Gasteiger partial charge in [-0.15, -0.1) is 0 Å². The molecule has 0 radical (unpaired) electrons. The molecule has 7 nitrogen and oxygen atoms in total. The summed E-state index contributed by atoms with van der Waals surface area (Å²) >= 11 is 0. The van der Waals surface area contributed by atoms with Crippen LogP contribution in [0.5, 0.6) is 0 Å². The highest BCUT2D eigenvalue weighted by Crippen LogP contribution is 2.31. The second-order valence-electron chi connectivity index (χ2n) is 8.53. The summed E-state index contributed by atoms with van der Waals surface area (Å²) in [5.41, 5.74) is 0.901. The van der Waals surface area contributed by atoms with E-state index in [9.17, 15) is 14.4 Å². The van der Waals surface area contributed by atoms with Crippen LogP contribution in [0.3, 0.4) is 0 Å². The number of carbonyl (C=O) groups is 3. The predicted octanol–water partition coefficient (Wildman–Crippen LogP) is 4.40. The molecule has 0 bridgehead atoms. The van der Waals surface area contributed by atoms with Crippen LogP contribution >= 0.6 is 0 Å². The maximum Gasteiger partial charge on any atom is 0.417 e. The van der Waals surface area contributed by atoms with Crippen molar-refractivity contribution in [2.45, 2.75) is 51.3 Å². The van der Waals surface area contributed by atoms with E-state index in [1.165, 1.54) is 0 Å². The summed E-state index contributed by atoms with van der Waals surface area (Å²) in [6, 6.07) is 17.0. The highest BCUT2D eigenvalue weighted by Gasteiger charge is 2.44. The van der Waals surface area contributed by atoms with Crippen molar-refractivity contribution >= 4 is 18.1 Å². The van der Waals surface area contributed by atoms with E-state index in [2.05, 4.69) is 5.32 Å². The lowest BCUT2D eigenvalue weighted by Gasteiger charge is -2.30. The second kappa shape index (κ2) is 9.20. The van der Waals surface area contributed by atoms with Gasteiger partial charge in [0.1, 0.15) is 24.3 Å². The number of rotatable bonds is 5. The molecule has 2 aromatic carbocycles. The van der Waals surface area contributed by atoms with Crippen molar-refractivity contribution in [2.75, 3.05) is 6.61 Å². The minimum Gasteiger partial charge on any atom is -0.446 e. The summed E-state index contributed by atoms with van der Waals surface area (Å²) in [6.07, 6.45) is -1.45. The summed E-state index contributed by atoms with van der Waals surface area (Å²) in [4.78, 5) is 39.8. The SMILES string of the molecule is C[C@H](c1ccccc1)[C@H](NC(=O)OC(C)(C)C)C(=O)N1C(=O)OCC1c1ccccc1. The van der Waals surface area contributed by atoms with Crippen molar-refractivity contribution in [3.05, 3.63) is 71.8 Å². The number of nitrogens with one attached hydrogen (secondary N) is 1. The van der Waals surface area contributed by atoms with Gasteiger partial charge in [0.2, 0.25) is 0 Å². The highest BCUT2D eigenvalue weighted by molar-refractivity contribution is 5.98. The van der Waals surface area contributed by atoms with Crippen molar-refractivity contribution in [3.8, 4) is 0 Å². The van der Waals surface area contributed by atoms with Crippen molar-refractivity contribution in [3.63, 3.8) is 0 Å². The molecule has 1 heterocycles. The Bertz CT molecular complexity index is 924. The molecule has 164 valence electrons. The van der Waals surface area contributed by atoms with E-state index in [0.717, 1.165) is 16.0 Å². The molecular weight excluding hydrogens is 396 g/mol. The first-order chi connectivity index (χ1) is 14.7. The number of nitrogens with zero attached hydrogens (tertiary/aromatic N) is 1. The molecule has 0 spiro atoms. The predicted molar refractivity (Wildman–Crippen MR) is 115 cm³/mol. The van der Waals surface area contributed by atoms with Crippen LogP contribution in [0.25, 0.3) is 0 Å². The minimum absolute atomic E-state index is 0.0630. The first-order valence-electron chi connectivity index (χ1n) is 10.3. The maximum atomic E-state index is 13.6. The average molecular weight is 424 g/mol. The van der Waals surface area contributed by atoms with Crippen LogP contribution in [0.1, 0.15) is 50.8 Å². The van der Waals surface area contributed by atoms with E-state index in [1.54, 1.807) is 20.8 Å². The number of benzene rings is 2. The first-order valence-corrected chi connectivity index (χ1v) is 10.3. The van der Waals surface area contributed by atoms with Crippen LogP contribution in [0.15, 0.2) is 60.7 Å². The van der Waals surface area contributed by atoms with E-state index < -0.39 is 41.7 Å². The molecule has 1 saturated heterocycles. The summed E-state index contributed by atoms with van der Waals surface area (Å²) in [6.45, 7) is 7.12. The van der Waals surface area contributed by atoms with E-state index in [1.807, 2.05) is 67.6 Å². The van der Waals surface area contributed by atoms with E-state index in [-0.39, 0.29) is 6.61 Å². The Kier molecular flexibility index (Phi) is 6.63. The van der Waals surface area contributed by atoms with Gasteiger partial charge >= 0.3 is 12.2 Å². The summed E-state index contributed by atoms with van der Waals surface area (Å²) in [5.74, 6) is -0.954. The monoisotopic (exact) mass is 424 g/mol. The van der Waals surface area contributed by atoms with E-state index >= 15 is 0 Å². The molecule has 31 heavy (non-hydrogen) atoms. The number of carbonyl (C=O) groups excluding carboxylic acids is 3. The highest BCUT2D eigenvalue weighted by atomic mass is 16.6. The van der Waals surface area contributed by atoms with Crippen LogP contribution in [-0.4, -0.2) is 41.2 Å². The minimum atomic E-state index is -1.02. The Morgan fingerprint density at radius 1 is 1.06 bits per heavy atom. The molecule has 1 aliphatic heterocycles. The summed E-state index contributed by atoms with van der Waals surface area (Å²) in [7, 11) is 0. The van der Waals surface area contributed by atoms with Crippen LogP contribution in [0.4, 0.5) is 9.59 Å². The lowest BCUT2D eigenvalue weighted by Crippen LogP contribution is -2.52. The molecule has 3 atom stereocenters. The molecule has 7 heteroatoms. The van der Waals surface area contributed by atoms with Gasteiger partial charge in [0.05, 0.1) is 0 Å². The number of amides is 3. The third-order valence-corrected chi connectivity index (χ3v) is 5.06. The number of cyclic esters (lactones) is 1. The number of imide groups is 1. The lowest BCUT2D eigenvalue weighted by atomic mass is 9.92. The Labute approximate surface area is 182 Å². The topological polar surface area (TPSA) is 84.9 Å². The Morgan fingerprint density at radius 3 is 2.23 bits per heavy atom. The van der Waals surface area contributed by atoms with Crippen molar-refractivity contribution in [1.29, 1.82) is 0 Å². The quantitative estimate of drug-likeness (QED) is 0.769. The number of ether oxygens (including phenoxy) is 2. The zero-order chi connectivity index (χ0) is 22.6. The van der Waals surface area contributed by atoms with Gasteiger partial charge in [-0.3, -0.25) is 4.79 Å². The van der Waals surface area contributed by atoms with Crippen LogP contribution in [0.2, 0.25) is 0 Å². The third kappa shape index (κ3) is 5.42. The Morgan fingerprint density at radius 2 is 1.65 bits per heavy atom. The van der Waals surface area contributed by atoms with Crippen molar-refractivity contribution in [1.82, 2.24) is 10.2 Å². The molecule has 0 aliphatic carbocycles. The molecule has 3 rings (SSSR count). The van der Waals surface area contributed by atoms with Gasteiger partial charge in [-0.05, 0) is 31.9 Å². The van der Waals surface area contributed by atoms with E-state index in [4.69, 9.17) is 9.47 Å². The third-order valence-electron chi connectivity index (χ3n) is 5.06. The van der Waals surface area contributed by atoms with E-state index in [0.29, 0.717) is 0 Å². The molecule has 2 aromatic rings. The van der Waals surface area contributed by atoms with Crippen LogP contribution in [-0.2, 0) is 14.3 Å². The molecule has 1 N–H and O–H groups in total. The fourth-order valence-corrected chi connectivity index (χ4v) is 3.52. The van der Waals surface area contributed by atoms with Gasteiger partial charge in [-0.1, -0.05) is 67.6 Å². The molecule has 0 saturated carbocycles. The van der Waals surface area contributed by atoms with Gasteiger partial charge in [-0.25, -0.2) is 14.5 Å². The molecule has 1 unspecified atom stereocenters. The van der Waals surface area contributed by atoms with Gasteiger partial charge in [0, 0.05) is 5.92 Å². The standard InChI is InChI=1S/C24H28N2O5/c1-16(17-11-7-5-8-12-17)20(25-22(28)31-24(2,3)4)21(27)26-19(15-30-23(26)29)18-13-9-6-10-14-18/h5-14,16,19-20H,15H2,1-4H3,(H,25,28)/t16-,19?,20+/m1/s1. The largest absolute Gasteiger partial charge is 0.446 e. The van der Waals surface area contributed by atoms with Crippen LogP contribution in [0, 0.1) is 0 Å². The fourth-order valence-electron chi connectivity index (χ4n) is 3.52. The van der Waals surface area contributed by atoms with Crippen molar-refractivity contribution < 1.29 is 23.9 Å². The fraction of sp³-hybridized carbons (Fsp3) is 0.375. The molecule has 1 aliphatic rings. The Hall–Kier alpha value is -3.35. The van der Waals surface area contributed by atoms with Gasteiger partial charge < -0.3 is 14.8 Å². The zero-order valence-corrected chi connectivity index (χ0v) is 18.2. The second-order valence-corrected chi connectivity index (χ2v) is 8.53. The zero-order valence-electron chi connectivity index (χ0n) is 18.2. The maximum absolute atomic E-state index is 13.6. The molecule has 3 amide bonds. The summed E-state index contributed by atoms with van der Waals surface area (Å²) in [5, 5.41) is 2.68. The van der Waals surface area contributed by atoms with Gasteiger partial charge in [0.15, 0.2) is 0 Å². The number of hydrogen-bond acceptors (Lipinski definition) is 5. The number of hydrogen-bond donors (Lipinski definition) is 1. The molecule has 0 aromatic heterocycles. The smallest absolute Gasteiger partial charge is 0.417 e. The number of alkyl carbamates (subject to hydrolysis) is 1. The average Bonchev–Trinajstić information content (AvgIpc) is 3.12. The molecule has 1 fully saturated rings. The first kappa shape index (κ1) is 22.3. The normalized spacial score (nSPS) is 18.1. The summed E-state index contributed by atoms with van der Waals surface area (Å²) < 4.78 is 10.6.